The zero-order chi connectivity index (χ0) is 19.1. The summed E-state index contributed by atoms with van der Waals surface area (Å²) in [6.45, 7) is 5.33. The smallest absolute Gasteiger partial charge is 0.287 e. The summed E-state index contributed by atoms with van der Waals surface area (Å²) in [4.78, 5) is 12.7. The first-order valence-corrected chi connectivity index (χ1v) is 10.2. The number of benzene rings is 1. The third kappa shape index (κ3) is 5.56. The highest BCUT2D eigenvalue weighted by Crippen LogP contribution is 2.27. The van der Waals surface area contributed by atoms with E-state index >= 15 is 0 Å². The molecule has 1 aliphatic carbocycles. The average molecular weight is 373 g/mol. The molecule has 1 aliphatic rings. The predicted molar refractivity (Wildman–Crippen MR) is 106 cm³/mol. The van der Waals surface area contributed by atoms with E-state index in [-0.39, 0.29) is 12.0 Å². The molecule has 1 N–H and O–H groups in total. The molecule has 3 rings (SSSR count). The molecule has 0 saturated heterocycles. The first-order chi connectivity index (χ1) is 13.1. The van der Waals surface area contributed by atoms with Gasteiger partial charge < -0.3 is 19.2 Å². The van der Waals surface area contributed by atoms with Gasteiger partial charge in [-0.15, -0.1) is 0 Å². The molecule has 27 heavy (non-hydrogen) atoms. The number of rotatable bonds is 8. The predicted octanol–water partition coefficient (Wildman–Crippen LogP) is 4.83. The fraction of sp³-hybridized carbons (Fsp3) is 0.591. The lowest BCUT2D eigenvalue weighted by Gasteiger charge is -2.15. The van der Waals surface area contributed by atoms with E-state index in [0.717, 1.165) is 23.8 Å². The van der Waals surface area contributed by atoms with Gasteiger partial charge in [0, 0.05) is 17.5 Å². The number of hydrogen-bond acceptors (Lipinski definition) is 4. The summed E-state index contributed by atoms with van der Waals surface area (Å²) in [5, 5.41) is 3.86. The highest BCUT2D eigenvalue weighted by Gasteiger charge is 2.21. The number of hydrogen-bond donors (Lipinski definition) is 1. The van der Waals surface area contributed by atoms with Crippen molar-refractivity contribution in [1.82, 2.24) is 5.32 Å². The summed E-state index contributed by atoms with van der Waals surface area (Å²) in [7, 11) is 0. The van der Waals surface area contributed by atoms with Crippen LogP contribution in [0, 0.1) is 0 Å². The molecular formula is C22H31NO4. The SMILES string of the molecule is CC(C)OCc1c(C(=O)NCCOC2CCCCCC2)oc2ccccc12. The maximum Gasteiger partial charge on any atom is 0.287 e. The third-order valence-corrected chi connectivity index (χ3v) is 5.01. The van der Waals surface area contributed by atoms with Crippen LogP contribution in [0.25, 0.3) is 11.0 Å². The molecule has 148 valence electrons. The molecule has 1 heterocycles. The van der Waals surface area contributed by atoms with Crippen LogP contribution in [-0.4, -0.2) is 31.3 Å². The van der Waals surface area contributed by atoms with E-state index in [2.05, 4.69) is 5.32 Å². The van der Waals surface area contributed by atoms with E-state index in [9.17, 15) is 4.79 Å². The Morgan fingerprint density at radius 1 is 1.19 bits per heavy atom. The summed E-state index contributed by atoms with van der Waals surface area (Å²) in [6.07, 6.45) is 7.80. The van der Waals surface area contributed by atoms with Crippen LogP contribution in [0.3, 0.4) is 0 Å². The van der Waals surface area contributed by atoms with Crippen LogP contribution >= 0.6 is 0 Å². The van der Waals surface area contributed by atoms with E-state index in [4.69, 9.17) is 13.9 Å². The lowest BCUT2D eigenvalue weighted by Crippen LogP contribution is -2.29. The second-order valence-corrected chi connectivity index (χ2v) is 7.51. The normalized spacial score (nSPS) is 16.0. The zero-order valence-corrected chi connectivity index (χ0v) is 16.5. The van der Waals surface area contributed by atoms with Crippen molar-refractivity contribution in [3.05, 3.63) is 35.6 Å². The Hall–Kier alpha value is -1.85. The van der Waals surface area contributed by atoms with Crippen molar-refractivity contribution in [3.8, 4) is 0 Å². The van der Waals surface area contributed by atoms with Gasteiger partial charge in [-0.1, -0.05) is 43.9 Å². The molecule has 0 bridgehead atoms. The minimum Gasteiger partial charge on any atom is -0.451 e. The number of fused-ring (bicyclic) bond motifs is 1. The summed E-state index contributed by atoms with van der Waals surface area (Å²) >= 11 is 0. The molecule has 1 aromatic heterocycles. The van der Waals surface area contributed by atoms with Gasteiger partial charge in [0.2, 0.25) is 0 Å². The van der Waals surface area contributed by atoms with Crippen LogP contribution in [0.1, 0.15) is 68.5 Å². The molecule has 2 aromatic rings. The second-order valence-electron chi connectivity index (χ2n) is 7.51. The molecule has 0 unspecified atom stereocenters. The molecule has 0 radical (unpaired) electrons. The Balaban J connectivity index is 1.58. The first-order valence-electron chi connectivity index (χ1n) is 10.2. The van der Waals surface area contributed by atoms with E-state index in [1.54, 1.807) is 0 Å². The van der Waals surface area contributed by atoms with Crippen LogP contribution in [0.2, 0.25) is 0 Å². The molecule has 5 nitrogen and oxygen atoms in total. The summed E-state index contributed by atoms with van der Waals surface area (Å²) < 4.78 is 17.5. The zero-order valence-electron chi connectivity index (χ0n) is 16.5. The lowest BCUT2D eigenvalue weighted by atomic mass is 10.1. The fourth-order valence-corrected chi connectivity index (χ4v) is 3.55. The summed E-state index contributed by atoms with van der Waals surface area (Å²) in [5.74, 6) is 0.129. The van der Waals surface area contributed by atoms with Gasteiger partial charge in [0.25, 0.3) is 5.91 Å². The number of carbonyl (C=O) groups is 1. The molecule has 0 atom stereocenters. The van der Waals surface area contributed by atoms with Crippen LogP contribution in [0.5, 0.6) is 0 Å². The largest absolute Gasteiger partial charge is 0.451 e. The number of furan rings is 1. The maximum atomic E-state index is 12.7. The number of para-hydroxylation sites is 1. The van der Waals surface area contributed by atoms with Gasteiger partial charge in [-0.25, -0.2) is 0 Å². The van der Waals surface area contributed by atoms with E-state index in [0.29, 0.717) is 37.2 Å². The van der Waals surface area contributed by atoms with Crippen molar-refractivity contribution in [2.45, 2.75) is 71.2 Å². The van der Waals surface area contributed by atoms with Crippen LogP contribution < -0.4 is 5.32 Å². The van der Waals surface area contributed by atoms with Gasteiger partial charge >= 0.3 is 0 Å². The minimum absolute atomic E-state index is 0.0857. The highest BCUT2D eigenvalue weighted by atomic mass is 16.5. The highest BCUT2D eigenvalue weighted by molar-refractivity contribution is 5.99. The monoisotopic (exact) mass is 373 g/mol. The maximum absolute atomic E-state index is 12.7. The Morgan fingerprint density at radius 3 is 2.67 bits per heavy atom. The Bertz CT molecular complexity index is 729. The fourth-order valence-electron chi connectivity index (χ4n) is 3.55. The number of amides is 1. The van der Waals surface area contributed by atoms with Crippen molar-refractivity contribution in [2.24, 2.45) is 0 Å². The number of carbonyl (C=O) groups excluding carboxylic acids is 1. The third-order valence-electron chi connectivity index (χ3n) is 5.01. The molecule has 0 aliphatic heterocycles. The molecule has 0 spiro atoms. The molecule has 1 aromatic carbocycles. The van der Waals surface area contributed by atoms with E-state index in [1.165, 1.54) is 25.7 Å². The van der Waals surface area contributed by atoms with Gasteiger partial charge in [-0.3, -0.25) is 4.79 Å². The van der Waals surface area contributed by atoms with Gasteiger partial charge in [-0.2, -0.15) is 0 Å². The van der Waals surface area contributed by atoms with Crippen LogP contribution in [0.4, 0.5) is 0 Å². The molecular weight excluding hydrogens is 342 g/mol. The van der Waals surface area contributed by atoms with Crippen molar-refractivity contribution in [2.75, 3.05) is 13.2 Å². The Labute approximate surface area is 161 Å². The van der Waals surface area contributed by atoms with Crippen LogP contribution in [-0.2, 0) is 16.1 Å². The van der Waals surface area contributed by atoms with Gasteiger partial charge in [0.1, 0.15) is 5.58 Å². The summed E-state index contributed by atoms with van der Waals surface area (Å²) in [5.41, 5.74) is 1.51. The van der Waals surface area contributed by atoms with E-state index in [1.807, 2.05) is 38.1 Å². The second kappa shape index (κ2) is 9.90. The number of ether oxygens (including phenoxy) is 2. The molecule has 1 saturated carbocycles. The van der Waals surface area contributed by atoms with Crippen molar-refractivity contribution < 1.29 is 18.7 Å². The first kappa shape index (κ1) is 19.9. The topological polar surface area (TPSA) is 60.7 Å². The van der Waals surface area contributed by atoms with Crippen molar-refractivity contribution in [3.63, 3.8) is 0 Å². The quantitative estimate of drug-likeness (QED) is 0.532. The summed E-state index contributed by atoms with van der Waals surface area (Å²) in [6, 6.07) is 7.68. The van der Waals surface area contributed by atoms with Crippen LogP contribution in [0.15, 0.2) is 28.7 Å². The molecule has 5 heteroatoms. The Morgan fingerprint density at radius 2 is 1.93 bits per heavy atom. The minimum atomic E-state index is -0.210. The molecule has 1 fully saturated rings. The van der Waals surface area contributed by atoms with Gasteiger partial charge in [0.15, 0.2) is 5.76 Å². The Kier molecular flexibility index (Phi) is 7.30. The van der Waals surface area contributed by atoms with Crippen molar-refractivity contribution >= 4 is 16.9 Å². The molecule has 1 amide bonds. The van der Waals surface area contributed by atoms with Gasteiger partial charge in [0.05, 0.1) is 25.4 Å². The average Bonchev–Trinajstić information content (AvgIpc) is 2.83. The van der Waals surface area contributed by atoms with Gasteiger partial charge in [-0.05, 0) is 32.8 Å². The van der Waals surface area contributed by atoms with Crippen molar-refractivity contribution in [1.29, 1.82) is 0 Å². The lowest BCUT2D eigenvalue weighted by molar-refractivity contribution is 0.0437. The number of nitrogens with one attached hydrogen (secondary N) is 1. The standard InChI is InChI=1S/C22H31NO4/c1-16(2)26-15-19-18-11-7-8-12-20(18)27-21(19)22(24)23-13-14-25-17-9-5-3-4-6-10-17/h7-8,11-12,16-17H,3-6,9-10,13-15H2,1-2H3,(H,23,24). The van der Waals surface area contributed by atoms with E-state index < -0.39 is 0 Å².